The number of carbonyl (C=O) groups is 2. The minimum absolute atomic E-state index is 0.0263. The van der Waals surface area contributed by atoms with E-state index in [1.54, 1.807) is 24.0 Å². The summed E-state index contributed by atoms with van der Waals surface area (Å²) in [6.45, 7) is 1.82. The SMILES string of the molecule is COCCN1CC(=O)N(CCOC)[C@H](Cc2ccccc2)C1=O. The van der Waals surface area contributed by atoms with Crippen molar-refractivity contribution in [1.82, 2.24) is 9.80 Å². The number of methoxy groups -OCH3 is 2. The van der Waals surface area contributed by atoms with Gasteiger partial charge in [0.1, 0.15) is 6.04 Å². The van der Waals surface area contributed by atoms with Crippen LogP contribution in [-0.4, -0.2) is 74.7 Å². The van der Waals surface area contributed by atoms with E-state index in [0.717, 1.165) is 5.56 Å². The van der Waals surface area contributed by atoms with E-state index in [1.807, 2.05) is 30.3 Å². The van der Waals surface area contributed by atoms with Gasteiger partial charge in [0.15, 0.2) is 0 Å². The molecule has 0 spiro atoms. The van der Waals surface area contributed by atoms with Gasteiger partial charge in [-0.2, -0.15) is 0 Å². The van der Waals surface area contributed by atoms with Crippen molar-refractivity contribution < 1.29 is 19.1 Å². The van der Waals surface area contributed by atoms with Gasteiger partial charge in [0.25, 0.3) is 0 Å². The van der Waals surface area contributed by atoms with Crippen LogP contribution in [0.1, 0.15) is 5.56 Å². The molecule has 6 heteroatoms. The van der Waals surface area contributed by atoms with Crippen molar-refractivity contribution in [3.05, 3.63) is 35.9 Å². The Morgan fingerprint density at radius 1 is 1.04 bits per heavy atom. The Morgan fingerprint density at radius 3 is 2.35 bits per heavy atom. The lowest BCUT2D eigenvalue weighted by molar-refractivity contribution is -0.157. The highest BCUT2D eigenvalue weighted by Gasteiger charge is 2.38. The van der Waals surface area contributed by atoms with Crippen molar-refractivity contribution in [3.63, 3.8) is 0 Å². The number of hydrogen-bond acceptors (Lipinski definition) is 4. The molecule has 2 amide bonds. The second-order valence-corrected chi connectivity index (χ2v) is 5.54. The summed E-state index contributed by atoms with van der Waals surface area (Å²) in [4.78, 5) is 28.5. The fourth-order valence-electron chi connectivity index (χ4n) is 2.75. The highest BCUT2D eigenvalue weighted by atomic mass is 16.5. The minimum atomic E-state index is -0.481. The summed E-state index contributed by atoms with van der Waals surface area (Å²) in [5, 5.41) is 0. The Labute approximate surface area is 137 Å². The molecule has 0 radical (unpaired) electrons. The zero-order chi connectivity index (χ0) is 16.7. The number of rotatable bonds is 8. The maximum atomic E-state index is 12.8. The monoisotopic (exact) mass is 320 g/mol. The van der Waals surface area contributed by atoms with Gasteiger partial charge in [0.05, 0.1) is 19.8 Å². The summed E-state index contributed by atoms with van der Waals surface area (Å²) in [6, 6.07) is 9.27. The highest BCUT2D eigenvalue weighted by molar-refractivity contribution is 5.95. The predicted molar refractivity (Wildman–Crippen MR) is 86.0 cm³/mol. The molecule has 1 atom stereocenters. The Balaban J connectivity index is 2.17. The van der Waals surface area contributed by atoms with Crippen LogP contribution in [0.15, 0.2) is 30.3 Å². The molecule has 1 heterocycles. The van der Waals surface area contributed by atoms with Gasteiger partial charge in [-0.1, -0.05) is 30.3 Å². The standard InChI is InChI=1S/C17H24N2O4/c1-22-10-8-18-13-16(20)19(9-11-23-2)15(17(18)21)12-14-6-4-3-5-7-14/h3-7,15H,8-13H2,1-2H3/t15-/m1/s1. The predicted octanol–water partition coefficient (Wildman–Crippen LogP) is 0.561. The Hall–Kier alpha value is -1.92. The van der Waals surface area contributed by atoms with E-state index in [1.165, 1.54) is 0 Å². The molecule has 1 aliphatic heterocycles. The number of ether oxygens (including phenoxy) is 2. The molecule has 1 saturated heterocycles. The normalized spacial score (nSPS) is 18.6. The summed E-state index contributed by atoms with van der Waals surface area (Å²) >= 11 is 0. The first-order valence-corrected chi connectivity index (χ1v) is 7.77. The molecule has 0 unspecified atom stereocenters. The average molecular weight is 320 g/mol. The molecular formula is C17H24N2O4. The Morgan fingerprint density at radius 2 is 1.70 bits per heavy atom. The third-order valence-electron chi connectivity index (χ3n) is 3.99. The van der Waals surface area contributed by atoms with Crippen molar-refractivity contribution >= 4 is 11.8 Å². The number of benzene rings is 1. The number of hydrogen-bond donors (Lipinski definition) is 0. The van der Waals surface area contributed by atoms with Crippen LogP contribution in [0.25, 0.3) is 0 Å². The molecular weight excluding hydrogens is 296 g/mol. The lowest BCUT2D eigenvalue weighted by Crippen LogP contribution is -2.61. The lowest BCUT2D eigenvalue weighted by atomic mass is 10.0. The molecule has 2 rings (SSSR count). The molecule has 1 aliphatic rings. The van der Waals surface area contributed by atoms with Crippen LogP contribution in [0, 0.1) is 0 Å². The average Bonchev–Trinajstić information content (AvgIpc) is 2.57. The van der Waals surface area contributed by atoms with Crippen LogP contribution < -0.4 is 0 Å². The second kappa shape index (κ2) is 8.64. The number of amides is 2. The first-order chi connectivity index (χ1) is 11.2. The highest BCUT2D eigenvalue weighted by Crippen LogP contribution is 2.17. The summed E-state index contributed by atoms with van der Waals surface area (Å²) in [5.41, 5.74) is 1.04. The first-order valence-electron chi connectivity index (χ1n) is 7.77. The number of nitrogens with zero attached hydrogens (tertiary/aromatic N) is 2. The third kappa shape index (κ3) is 4.53. The van der Waals surface area contributed by atoms with E-state index in [-0.39, 0.29) is 18.4 Å². The van der Waals surface area contributed by atoms with Gasteiger partial charge in [0, 0.05) is 33.7 Å². The summed E-state index contributed by atoms with van der Waals surface area (Å²) in [5.74, 6) is -0.0692. The fraction of sp³-hybridized carbons (Fsp3) is 0.529. The van der Waals surface area contributed by atoms with Crippen LogP contribution in [0.3, 0.4) is 0 Å². The minimum Gasteiger partial charge on any atom is -0.383 e. The maximum absolute atomic E-state index is 12.8. The molecule has 0 aliphatic carbocycles. The molecule has 126 valence electrons. The summed E-state index contributed by atoms with van der Waals surface area (Å²) < 4.78 is 10.1. The molecule has 1 fully saturated rings. The second-order valence-electron chi connectivity index (χ2n) is 5.54. The third-order valence-corrected chi connectivity index (χ3v) is 3.99. The van der Waals surface area contributed by atoms with E-state index in [4.69, 9.17) is 9.47 Å². The van der Waals surface area contributed by atoms with Crippen LogP contribution in [-0.2, 0) is 25.5 Å². The van der Waals surface area contributed by atoms with Crippen LogP contribution in [0.5, 0.6) is 0 Å². The van der Waals surface area contributed by atoms with Crippen molar-refractivity contribution in [2.24, 2.45) is 0 Å². The van der Waals surface area contributed by atoms with Gasteiger partial charge >= 0.3 is 0 Å². The maximum Gasteiger partial charge on any atom is 0.246 e. The smallest absolute Gasteiger partial charge is 0.246 e. The number of piperazine rings is 1. The van der Waals surface area contributed by atoms with Crippen molar-refractivity contribution in [2.45, 2.75) is 12.5 Å². The van der Waals surface area contributed by atoms with Crippen LogP contribution >= 0.6 is 0 Å². The van der Waals surface area contributed by atoms with Gasteiger partial charge in [0.2, 0.25) is 11.8 Å². The van der Waals surface area contributed by atoms with Gasteiger partial charge in [-0.05, 0) is 5.56 Å². The van der Waals surface area contributed by atoms with Crippen LogP contribution in [0.2, 0.25) is 0 Å². The summed E-state index contributed by atoms with van der Waals surface area (Å²) in [7, 11) is 3.18. The molecule has 1 aromatic rings. The zero-order valence-corrected chi connectivity index (χ0v) is 13.7. The van der Waals surface area contributed by atoms with E-state index in [9.17, 15) is 9.59 Å². The molecule has 0 saturated carbocycles. The van der Waals surface area contributed by atoms with E-state index >= 15 is 0 Å². The molecule has 1 aromatic carbocycles. The van der Waals surface area contributed by atoms with Gasteiger partial charge < -0.3 is 19.3 Å². The molecule has 6 nitrogen and oxygen atoms in total. The van der Waals surface area contributed by atoms with Crippen molar-refractivity contribution in [2.75, 3.05) is 47.1 Å². The van der Waals surface area contributed by atoms with Gasteiger partial charge in [-0.15, -0.1) is 0 Å². The molecule has 0 N–H and O–H groups in total. The van der Waals surface area contributed by atoms with Crippen molar-refractivity contribution in [1.29, 1.82) is 0 Å². The molecule has 23 heavy (non-hydrogen) atoms. The molecule has 0 aromatic heterocycles. The topological polar surface area (TPSA) is 59.1 Å². The van der Waals surface area contributed by atoms with E-state index < -0.39 is 6.04 Å². The molecule has 0 bridgehead atoms. The fourth-order valence-corrected chi connectivity index (χ4v) is 2.75. The van der Waals surface area contributed by atoms with E-state index in [0.29, 0.717) is 32.7 Å². The van der Waals surface area contributed by atoms with Gasteiger partial charge in [-0.25, -0.2) is 0 Å². The Kier molecular flexibility index (Phi) is 6.55. The zero-order valence-electron chi connectivity index (χ0n) is 13.7. The van der Waals surface area contributed by atoms with Crippen LogP contribution in [0.4, 0.5) is 0 Å². The first kappa shape index (κ1) is 17.4. The Bertz CT molecular complexity index is 521. The summed E-state index contributed by atoms with van der Waals surface area (Å²) in [6.07, 6.45) is 0.513. The number of carbonyl (C=O) groups excluding carboxylic acids is 2. The lowest BCUT2D eigenvalue weighted by Gasteiger charge is -2.40. The van der Waals surface area contributed by atoms with Gasteiger partial charge in [-0.3, -0.25) is 9.59 Å². The van der Waals surface area contributed by atoms with E-state index in [2.05, 4.69) is 0 Å². The quantitative estimate of drug-likeness (QED) is 0.702. The largest absolute Gasteiger partial charge is 0.383 e. The van der Waals surface area contributed by atoms with Crippen molar-refractivity contribution in [3.8, 4) is 0 Å².